The van der Waals surface area contributed by atoms with Gasteiger partial charge in [-0.05, 0) is 30.7 Å². The van der Waals surface area contributed by atoms with Crippen LogP contribution in [0.1, 0.15) is 15.9 Å². The monoisotopic (exact) mass is 296 g/mol. The Hall–Kier alpha value is -2.14. The minimum Gasteiger partial charge on any atom is -0.398 e. The summed E-state index contributed by atoms with van der Waals surface area (Å²) in [5, 5.41) is 2.85. The van der Waals surface area contributed by atoms with E-state index < -0.39 is 17.5 Å². The molecule has 1 amide bonds. The van der Waals surface area contributed by atoms with Crippen molar-refractivity contribution in [3.63, 3.8) is 0 Å². The minimum atomic E-state index is -1.14. The molecule has 104 valence electrons. The number of anilines is 2. The number of nitrogens with one attached hydrogen (secondary N) is 1. The van der Waals surface area contributed by atoms with Gasteiger partial charge in [0.15, 0.2) is 11.6 Å². The first kappa shape index (κ1) is 14.3. The van der Waals surface area contributed by atoms with Gasteiger partial charge in [-0.3, -0.25) is 4.79 Å². The maximum atomic E-state index is 13.2. The molecule has 6 heteroatoms. The van der Waals surface area contributed by atoms with Gasteiger partial charge in [0.05, 0.1) is 16.3 Å². The lowest BCUT2D eigenvalue weighted by molar-refractivity contribution is 0.102. The van der Waals surface area contributed by atoms with Gasteiger partial charge in [0.2, 0.25) is 0 Å². The third kappa shape index (κ3) is 2.88. The predicted molar refractivity (Wildman–Crippen MR) is 74.9 cm³/mol. The average molecular weight is 297 g/mol. The molecule has 0 heterocycles. The van der Waals surface area contributed by atoms with Crippen LogP contribution in [0.15, 0.2) is 30.3 Å². The molecule has 0 aliphatic carbocycles. The molecule has 2 aromatic carbocycles. The number of aryl methyl sites for hydroxylation is 1. The standard InChI is InChI=1S/C14H11ClF2N2O/c1-7-2-3-9(15)13(4-7)19-14(20)8-5-10(16)11(17)6-12(8)18/h2-6H,18H2,1H3,(H,19,20). The normalized spacial score (nSPS) is 10.4. The van der Waals surface area contributed by atoms with Gasteiger partial charge in [-0.1, -0.05) is 17.7 Å². The highest BCUT2D eigenvalue weighted by Crippen LogP contribution is 2.25. The number of nitrogen functional groups attached to an aromatic ring is 1. The van der Waals surface area contributed by atoms with Crippen LogP contribution in [0.25, 0.3) is 0 Å². The Balaban J connectivity index is 2.33. The van der Waals surface area contributed by atoms with E-state index >= 15 is 0 Å². The van der Waals surface area contributed by atoms with E-state index in [-0.39, 0.29) is 11.3 Å². The summed E-state index contributed by atoms with van der Waals surface area (Å²) in [6, 6.07) is 6.59. The SMILES string of the molecule is Cc1ccc(Cl)c(NC(=O)c2cc(F)c(F)cc2N)c1. The molecular weight excluding hydrogens is 286 g/mol. The summed E-state index contributed by atoms with van der Waals surface area (Å²) in [7, 11) is 0. The lowest BCUT2D eigenvalue weighted by Gasteiger charge is -2.10. The maximum Gasteiger partial charge on any atom is 0.257 e. The number of benzene rings is 2. The fraction of sp³-hybridized carbons (Fsp3) is 0.0714. The van der Waals surface area contributed by atoms with Crippen LogP contribution in [0.5, 0.6) is 0 Å². The molecule has 20 heavy (non-hydrogen) atoms. The van der Waals surface area contributed by atoms with Gasteiger partial charge >= 0.3 is 0 Å². The molecule has 2 aromatic rings. The number of carbonyl (C=O) groups excluding carboxylic acids is 1. The van der Waals surface area contributed by atoms with Crippen molar-refractivity contribution in [2.75, 3.05) is 11.1 Å². The van der Waals surface area contributed by atoms with E-state index in [4.69, 9.17) is 17.3 Å². The molecule has 0 aliphatic rings. The van der Waals surface area contributed by atoms with E-state index in [0.717, 1.165) is 17.7 Å². The summed E-state index contributed by atoms with van der Waals surface area (Å²) in [5.74, 6) is -2.90. The summed E-state index contributed by atoms with van der Waals surface area (Å²) >= 11 is 5.94. The van der Waals surface area contributed by atoms with Crippen LogP contribution in [0.4, 0.5) is 20.2 Å². The van der Waals surface area contributed by atoms with Gasteiger partial charge in [0.1, 0.15) is 0 Å². The van der Waals surface area contributed by atoms with Gasteiger partial charge < -0.3 is 11.1 Å². The Kier molecular flexibility index (Phi) is 3.90. The molecule has 0 spiro atoms. The van der Waals surface area contributed by atoms with E-state index in [1.54, 1.807) is 18.2 Å². The maximum absolute atomic E-state index is 13.2. The van der Waals surface area contributed by atoms with Crippen LogP contribution >= 0.6 is 11.6 Å². The zero-order valence-electron chi connectivity index (χ0n) is 10.5. The molecule has 3 nitrogen and oxygen atoms in total. The number of halogens is 3. The van der Waals surface area contributed by atoms with Crippen molar-refractivity contribution in [2.24, 2.45) is 0 Å². The Labute approximate surface area is 119 Å². The number of nitrogens with two attached hydrogens (primary N) is 1. The van der Waals surface area contributed by atoms with Gasteiger partial charge in [0.25, 0.3) is 5.91 Å². The molecule has 0 saturated carbocycles. The summed E-state index contributed by atoms with van der Waals surface area (Å²) < 4.78 is 26.1. The molecule has 0 bridgehead atoms. The fourth-order valence-electron chi connectivity index (χ4n) is 1.68. The largest absolute Gasteiger partial charge is 0.398 e. The van der Waals surface area contributed by atoms with Crippen LogP contribution in [-0.4, -0.2) is 5.91 Å². The first-order chi connectivity index (χ1) is 9.38. The second-order valence-electron chi connectivity index (χ2n) is 4.29. The summed E-state index contributed by atoms with van der Waals surface area (Å²) in [5.41, 5.74) is 6.48. The molecule has 0 atom stereocenters. The third-order valence-electron chi connectivity index (χ3n) is 2.71. The van der Waals surface area contributed by atoms with E-state index in [1.165, 1.54) is 0 Å². The van der Waals surface area contributed by atoms with Crippen molar-refractivity contribution in [3.05, 3.63) is 58.1 Å². The topological polar surface area (TPSA) is 55.1 Å². The van der Waals surface area contributed by atoms with E-state index in [9.17, 15) is 13.6 Å². The summed E-state index contributed by atoms with van der Waals surface area (Å²) in [6.45, 7) is 1.83. The van der Waals surface area contributed by atoms with Crippen molar-refractivity contribution in [3.8, 4) is 0 Å². The molecule has 0 fully saturated rings. The molecule has 0 saturated heterocycles. The minimum absolute atomic E-state index is 0.148. The Bertz CT molecular complexity index is 689. The van der Waals surface area contributed by atoms with Crippen LogP contribution in [0, 0.1) is 18.6 Å². The zero-order chi connectivity index (χ0) is 14.9. The second kappa shape index (κ2) is 5.46. The van der Waals surface area contributed by atoms with E-state index in [1.807, 2.05) is 6.92 Å². The van der Waals surface area contributed by atoms with Crippen LogP contribution in [-0.2, 0) is 0 Å². The number of carbonyl (C=O) groups is 1. The highest BCUT2D eigenvalue weighted by Gasteiger charge is 2.15. The van der Waals surface area contributed by atoms with Gasteiger partial charge in [-0.25, -0.2) is 8.78 Å². The number of rotatable bonds is 2. The average Bonchev–Trinajstić information content (AvgIpc) is 2.38. The zero-order valence-corrected chi connectivity index (χ0v) is 11.3. The molecule has 0 radical (unpaired) electrons. The Morgan fingerprint density at radius 3 is 2.55 bits per heavy atom. The van der Waals surface area contributed by atoms with E-state index in [2.05, 4.69) is 5.32 Å². The number of amides is 1. The van der Waals surface area contributed by atoms with E-state index in [0.29, 0.717) is 10.7 Å². The highest BCUT2D eigenvalue weighted by molar-refractivity contribution is 6.34. The Morgan fingerprint density at radius 1 is 1.20 bits per heavy atom. The van der Waals surface area contributed by atoms with Crippen molar-refractivity contribution in [1.82, 2.24) is 0 Å². The molecule has 0 aliphatic heterocycles. The highest BCUT2D eigenvalue weighted by atomic mass is 35.5. The van der Waals surface area contributed by atoms with Crippen LogP contribution < -0.4 is 11.1 Å². The first-order valence-corrected chi connectivity index (χ1v) is 6.08. The van der Waals surface area contributed by atoms with Crippen LogP contribution in [0.2, 0.25) is 5.02 Å². The quantitative estimate of drug-likeness (QED) is 0.829. The van der Waals surface area contributed by atoms with Crippen molar-refractivity contribution in [1.29, 1.82) is 0 Å². The lowest BCUT2D eigenvalue weighted by atomic mass is 10.1. The second-order valence-corrected chi connectivity index (χ2v) is 4.70. The van der Waals surface area contributed by atoms with Crippen molar-refractivity contribution in [2.45, 2.75) is 6.92 Å². The van der Waals surface area contributed by atoms with Crippen LogP contribution in [0.3, 0.4) is 0 Å². The molecular formula is C14H11ClF2N2O. The lowest BCUT2D eigenvalue weighted by Crippen LogP contribution is -2.15. The van der Waals surface area contributed by atoms with Gasteiger partial charge in [0, 0.05) is 11.8 Å². The van der Waals surface area contributed by atoms with Crippen molar-refractivity contribution >= 4 is 28.9 Å². The van der Waals surface area contributed by atoms with Gasteiger partial charge in [-0.15, -0.1) is 0 Å². The van der Waals surface area contributed by atoms with Crippen molar-refractivity contribution < 1.29 is 13.6 Å². The number of hydrogen-bond donors (Lipinski definition) is 2. The third-order valence-corrected chi connectivity index (χ3v) is 3.04. The molecule has 3 N–H and O–H groups in total. The summed E-state index contributed by atoms with van der Waals surface area (Å²) in [4.78, 5) is 12.0. The molecule has 0 unspecified atom stereocenters. The smallest absolute Gasteiger partial charge is 0.257 e. The first-order valence-electron chi connectivity index (χ1n) is 5.70. The molecule has 2 rings (SSSR count). The Morgan fingerprint density at radius 2 is 1.85 bits per heavy atom. The summed E-state index contributed by atoms with van der Waals surface area (Å²) in [6.07, 6.45) is 0. The fourth-order valence-corrected chi connectivity index (χ4v) is 1.85. The molecule has 0 aromatic heterocycles. The number of hydrogen-bond acceptors (Lipinski definition) is 2. The van der Waals surface area contributed by atoms with Gasteiger partial charge in [-0.2, -0.15) is 0 Å². The predicted octanol–water partition coefficient (Wildman–Crippen LogP) is 3.76.